The SMILES string of the molecule is O=C(CCCNC(=O)c1ccc(F)cc1)NCc1ccc(CN2CCC(O)CC2)cc1. The minimum atomic E-state index is -0.384. The fourth-order valence-electron chi connectivity index (χ4n) is 3.54. The minimum Gasteiger partial charge on any atom is -0.393 e. The van der Waals surface area contributed by atoms with Crippen LogP contribution in [0, 0.1) is 5.82 Å². The van der Waals surface area contributed by atoms with Crippen LogP contribution in [0.15, 0.2) is 48.5 Å². The van der Waals surface area contributed by atoms with Gasteiger partial charge in [0.15, 0.2) is 0 Å². The lowest BCUT2D eigenvalue weighted by molar-refractivity contribution is -0.121. The molecular formula is C24H30FN3O3. The van der Waals surface area contributed by atoms with Crippen molar-refractivity contribution in [3.05, 3.63) is 71.0 Å². The highest BCUT2D eigenvalue weighted by atomic mass is 19.1. The zero-order chi connectivity index (χ0) is 22.1. The van der Waals surface area contributed by atoms with E-state index in [1.54, 1.807) is 0 Å². The molecule has 166 valence electrons. The second-order valence-electron chi connectivity index (χ2n) is 7.97. The van der Waals surface area contributed by atoms with Crippen molar-refractivity contribution in [2.75, 3.05) is 19.6 Å². The number of carbonyl (C=O) groups excluding carboxylic acids is 2. The van der Waals surface area contributed by atoms with E-state index in [4.69, 9.17) is 0 Å². The first-order valence-corrected chi connectivity index (χ1v) is 10.8. The molecular weight excluding hydrogens is 397 g/mol. The largest absolute Gasteiger partial charge is 0.393 e. The molecule has 1 heterocycles. The first-order chi connectivity index (χ1) is 15.0. The molecule has 1 aliphatic heterocycles. The quantitative estimate of drug-likeness (QED) is 0.538. The van der Waals surface area contributed by atoms with E-state index < -0.39 is 0 Å². The highest BCUT2D eigenvalue weighted by Gasteiger charge is 2.16. The van der Waals surface area contributed by atoms with Gasteiger partial charge in [-0.3, -0.25) is 14.5 Å². The van der Waals surface area contributed by atoms with Crippen LogP contribution in [0.25, 0.3) is 0 Å². The predicted octanol–water partition coefficient (Wildman–Crippen LogP) is 2.61. The maximum absolute atomic E-state index is 12.9. The summed E-state index contributed by atoms with van der Waals surface area (Å²) in [6, 6.07) is 13.6. The van der Waals surface area contributed by atoms with E-state index in [0.29, 0.717) is 31.5 Å². The number of benzene rings is 2. The fourth-order valence-corrected chi connectivity index (χ4v) is 3.54. The Kier molecular flexibility index (Phi) is 8.55. The van der Waals surface area contributed by atoms with Crippen LogP contribution in [0.3, 0.4) is 0 Å². The molecule has 1 aliphatic rings. The molecule has 0 bridgehead atoms. The summed E-state index contributed by atoms with van der Waals surface area (Å²) in [5.41, 5.74) is 2.66. The summed E-state index contributed by atoms with van der Waals surface area (Å²) in [6.07, 6.45) is 2.36. The Balaban J connectivity index is 1.30. The van der Waals surface area contributed by atoms with Crippen molar-refractivity contribution >= 4 is 11.8 Å². The molecule has 1 saturated heterocycles. The van der Waals surface area contributed by atoms with E-state index in [2.05, 4.69) is 27.7 Å². The van der Waals surface area contributed by atoms with E-state index in [9.17, 15) is 19.1 Å². The number of aliphatic hydroxyl groups excluding tert-OH is 1. The number of piperidine rings is 1. The zero-order valence-electron chi connectivity index (χ0n) is 17.6. The van der Waals surface area contributed by atoms with Gasteiger partial charge in [-0.1, -0.05) is 24.3 Å². The number of carbonyl (C=O) groups is 2. The molecule has 6 nitrogen and oxygen atoms in total. The van der Waals surface area contributed by atoms with Gasteiger partial charge in [0.1, 0.15) is 5.82 Å². The average Bonchev–Trinajstić information content (AvgIpc) is 2.78. The van der Waals surface area contributed by atoms with Crippen LogP contribution >= 0.6 is 0 Å². The number of hydrogen-bond acceptors (Lipinski definition) is 4. The van der Waals surface area contributed by atoms with Gasteiger partial charge in [-0.15, -0.1) is 0 Å². The Morgan fingerprint density at radius 2 is 1.61 bits per heavy atom. The molecule has 0 atom stereocenters. The lowest BCUT2D eigenvalue weighted by Gasteiger charge is -2.29. The molecule has 2 amide bonds. The Labute approximate surface area is 182 Å². The molecule has 3 N–H and O–H groups in total. The van der Waals surface area contributed by atoms with Crippen molar-refractivity contribution < 1.29 is 19.1 Å². The van der Waals surface area contributed by atoms with Crippen LogP contribution in [0.5, 0.6) is 0 Å². The molecule has 0 saturated carbocycles. The summed E-state index contributed by atoms with van der Waals surface area (Å²) in [7, 11) is 0. The first kappa shape index (κ1) is 22.9. The molecule has 2 aromatic carbocycles. The van der Waals surface area contributed by atoms with E-state index >= 15 is 0 Å². The number of amides is 2. The fraction of sp³-hybridized carbons (Fsp3) is 0.417. The number of nitrogens with one attached hydrogen (secondary N) is 2. The molecule has 3 rings (SSSR count). The molecule has 2 aromatic rings. The van der Waals surface area contributed by atoms with E-state index in [1.807, 2.05) is 12.1 Å². The molecule has 0 unspecified atom stereocenters. The lowest BCUT2D eigenvalue weighted by atomic mass is 10.1. The van der Waals surface area contributed by atoms with Crippen LogP contribution in [0.4, 0.5) is 4.39 Å². The predicted molar refractivity (Wildman–Crippen MR) is 117 cm³/mol. The van der Waals surface area contributed by atoms with Gasteiger partial charge in [-0.25, -0.2) is 4.39 Å². The van der Waals surface area contributed by atoms with Crippen molar-refractivity contribution in [2.24, 2.45) is 0 Å². The van der Waals surface area contributed by atoms with Crippen molar-refractivity contribution in [2.45, 2.75) is 44.9 Å². The molecule has 1 fully saturated rings. The normalized spacial score (nSPS) is 14.9. The number of halogens is 1. The molecule has 0 aromatic heterocycles. The highest BCUT2D eigenvalue weighted by molar-refractivity contribution is 5.94. The summed E-state index contributed by atoms with van der Waals surface area (Å²) < 4.78 is 12.9. The first-order valence-electron chi connectivity index (χ1n) is 10.8. The second-order valence-corrected chi connectivity index (χ2v) is 7.97. The van der Waals surface area contributed by atoms with Gasteiger partial charge in [-0.2, -0.15) is 0 Å². The Hall–Kier alpha value is -2.77. The van der Waals surface area contributed by atoms with E-state index in [0.717, 1.165) is 38.0 Å². The van der Waals surface area contributed by atoms with Crippen LogP contribution in [-0.2, 0) is 17.9 Å². The van der Waals surface area contributed by atoms with Crippen LogP contribution in [0.1, 0.15) is 47.2 Å². The third-order valence-electron chi connectivity index (χ3n) is 5.45. The molecule has 0 aliphatic carbocycles. The smallest absolute Gasteiger partial charge is 0.251 e. The minimum absolute atomic E-state index is 0.0630. The Morgan fingerprint density at radius 1 is 0.968 bits per heavy atom. The third kappa shape index (κ3) is 7.77. The maximum Gasteiger partial charge on any atom is 0.251 e. The van der Waals surface area contributed by atoms with Gasteiger partial charge in [0, 0.05) is 44.7 Å². The summed E-state index contributed by atoms with van der Waals surface area (Å²) in [5, 5.41) is 15.2. The second kappa shape index (κ2) is 11.6. The summed E-state index contributed by atoms with van der Waals surface area (Å²) >= 11 is 0. The Bertz CT molecular complexity index is 847. The third-order valence-corrected chi connectivity index (χ3v) is 5.45. The number of likely N-dealkylation sites (tertiary alicyclic amines) is 1. The van der Waals surface area contributed by atoms with Crippen LogP contribution < -0.4 is 10.6 Å². The van der Waals surface area contributed by atoms with Crippen LogP contribution in [0.2, 0.25) is 0 Å². The number of hydrogen-bond donors (Lipinski definition) is 3. The van der Waals surface area contributed by atoms with E-state index in [-0.39, 0.29) is 23.7 Å². The van der Waals surface area contributed by atoms with Gasteiger partial charge >= 0.3 is 0 Å². The van der Waals surface area contributed by atoms with Crippen molar-refractivity contribution in [3.63, 3.8) is 0 Å². The van der Waals surface area contributed by atoms with Gasteiger partial charge in [0.05, 0.1) is 6.10 Å². The number of rotatable bonds is 9. The summed E-state index contributed by atoms with van der Waals surface area (Å²) in [6.45, 7) is 3.57. The summed E-state index contributed by atoms with van der Waals surface area (Å²) in [4.78, 5) is 26.3. The monoisotopic (exact) mass is 427 g/mol. The number of aliphatic hydroxyl groups is 1. The molecule has 0 radical (unpaired) electrons. The maximum atomic E-state index is 12.9. The number of nitrogens with zero attached hydrogens (tertiary/aromatic N) is 1. The van der Waals surface area contributed by atoms with E-state index in [1.165, 1.54) is 29.8 Å². The van der Waals surface area contributed by atoms with Gasteiger partial charge in [0.2, 0.25) is 5.91 Å². The standard InChI is InChI=1S/C24H30FN3O3/c25-21-9-7-20(8-10-21)24(31)26-13-1-2-23(30)27-16-18-3-5-19(6-4-18)17-28-14-11-22(29)12-15-28/h3-10,22,29H,1-2,11-17H2,(H,26,31)(H,27,30). The van der Waals surface area contributed by atoms with Crippen molar-refractivity contribution in [3.8, 4) is 0 Å². The Morgan fingerprint density at radius 3 is 2.29 bits per heavy atom. The molecule has 31 heavy (non-hydrogen) atoms. The van der Waals surface area contributed by atoms with Gasteiger partial charge in [0.25, 0.3) is 5.91 Å². The average molecular weight is 428 g/mol. The van der Waals surface area contributed by atoms with Gasteiger partial charge < -0.3 is 15.7 Å². The van der Waals surface area contributed by atoms with Crippen LogP contribution in [-0.4, -0.2) is 47.6 Å². The molecule has 7 heteroatoms. The lowest BCUT2D eigenvalue weighted by Crippen LogP contribution is -2.35. The topological polar surface area (TPSA) is 81.7 Å². The summed E-state index contributed by atoms with van der Waals surface area (Å²) in [5.74, 6) is -0.723. The molecule has 0 spiro atoms. The van der Waals surface area contributed by atoms with Crippen molar-refractivity contribution in [1.29, 1.82) is 0 Å². The van der Waals surface area contributed by atoms with Crippen molar-refractivity contribution in [1.82, 2.24) is 15.5 Å². The highest BCUT2D eigenvalue weighted by Crippen LogP contribution is 2.14. The van der Waals surface area contributed by atoms with Gasteiger partial charge in [-0.05, 0) is 54.7 Å². The zero-order valence-corrected chi connectivity index (χ0v) is 17.6.